The maximum absolute atomic E-state index is 12.4. The number of nitriles is 1. The third-order valence-electron chi connectivity index (χ3n) is 5.04. The molecule has 9 heteroatoms. The fraction of sp³-hybridized carbons (Fsp3) is 0.556. The molecule has 1 atom stereocenters. The molecule has 2 aliphatic heterocycles. The molecule has 0 aliphatic carbocycles. The third-order valence-corrected chi connectivity index (χ3v) is 6.79. The van der Waals surface area contributed by atoms with Gasteiger partial charge in [-0.3, -0.25) is 9.69 Å². The Morgan fingerprint density at radius 1 is 1.26 bits per heavy atom. The number of hydrogen-bond donors (Lipinski definition) is 0. The van der Waals surface area contributed by atoms with E-state index in [1.165, 1.54) is 7.11 Å². The topological polar surface area (TPSA) is 99.9 Å². The largest absolute Gasteiger partial charge is 0.493 e. The molecule has 2 heterocycles. The van der Waals surface area contributed by atoms with Crippen molar-refractivity contribution in [3.8, 4) is 17.6 Å². The van der Waals surface area contributed by atoms with Gasteiger partial charge in [-0.05, 0) is 18.6 Å². The second-order valence-electron chi connectivity index (χ2n) is 6.74. The van der Waals surface area contributed by atoms with Crippen LogP contribution in [-0.4, -0.2) is 81.6 Å². The number of piperazine rings is 1. The zero-order chi connectivity index (χ0) is 19.4. The Balaban J connectivity index is 1.50. The standard InChI is InChI=1S/C18H23N3O5S/c1-25-17-10-14(11-19)2-3-16(17)26-12-18(22)21-7-5-20(6-8-21)15-4-9-27(23,24)13-15/h2-3,10,15H,4-9,12-13H2,1H3/t15-/m1/s1. The van der Waals surface area contributed by atoms with Crippen molar-refractivity contribution in [3.05, 3.63) is 23.8 Å². The summed E-state index contributed by atoms with van der Waals surface area (Å²) in [6.45, 7) is 2.35. The van der Waals surface area contributed by atoms with Crippen molar-refractivity contribution in [1.82, 2.24) is 9.80 Å². The molecule has 0 N–H and O–H groups in total. The molecular weight excluding hydrogens is 370 g/mol. The van der Waals surface area contributed by atoms with Crippen LogP contribution < -0.4 is 9.47 Å². The average molecular weight is 393 g/mol. The zero-order valence-corrected chi connectivity index (χ0v) is 16.1. The number of hydrogen-bond acceptors (Lipinski definition) is 7. The van der Waals surface area contributed by atoms with Gasteiger partial charge in [0, 0.05) is 38.3 Å². The van der Waals surface area contributed by atoms with Gasteiger partial charge in [-0.25, -0.2) is 8.42 Å². The number of ether oxygens (including phenoxy) is 2. The molecule has 2 fully saturated rings. The van der Waals surface area contributed by atoms with Crippen molar-refractivity contribution >= 4 is 15.7 Å². The molecule has 1 aromatic carbocycles. The van der Waals surface area contributed by atoms with Crippen molar-refractivity contribution in [1.29, 1.82) is 5.26 Å². The summed E-state index contributed by atoms with van der Waals surface area (Å²) in [6, 6.07) is 6.89. The number of carbonyl (C=O) groups is 1. The molecule has 0 saturated carbocycles. The summed E-state index contributed by atoms with van der Waals surface area (Å²) < 4.78 is 34.0. The second kappa shape index (κ2) is 8.15. The SMILES string of the molecule is COc1cc(C#N)ccc1OCC(=O)N1CCN([C@@H]2CCS(=O)(=O)C2)CC1. The molecule has 146 valence electrons. The predicted molar refractivity (Wildman–Crippen MR) is 98.4 cm³/mol. The normalized spacial score (nSPS) is 22.2. The van der Waals surface area contributed by atoms with Crippen molar-refractivity contribution < 1.29 is 22.7 Å². The van der Waals surface area contributed by atoms with E-state index in [-0.39, 0.29) is 30.1 Å². The highest BCUT2D eigenvalue weighted by atomic mass is 32.2. The summed E-state index contributed by atoms with van der Waals surface area (Å²) in [7, 11) is -1.42. The van der Waals surface area contributed by atoms with Gasteiger partial charge >= 0.3 is 0 Å². The molecule has 27 heavy (non-hydrogen) atoms. The van der Waals surface area contributed by atoms with Crippen molar-refractivity contribution in [2.75, 3.05) is 51.4 Å². The van der Waals surface area contributed by atoms with E-state index in [1.54, 1.807) is 23.1 Å². The molecule has 2 aliphatic rings. The fourth-order valence-electron chi connectivity index (χ4n) is 3.49. The summed E-state index contributed by atoms with van der Waals surface area (Å²) in [5.41, 5.74) is 0.454. The lowest BCUT2D eigenvalue weighted by molar-refractivity contribution is -0.135. The van der Waals surface area contributed by atoms with Crippen LogP contribution in [0.5, 0.6) is 11.5 Å². The first-order chi connectivity index (χ1) is 12.9. The molecule has 0 radical (unpaired) electrons. The molecule has 1 amide bonds. The molecular formula is C18H23N3O5S. The molecule has 8 nitrogen and oxygen atoms in total. The minimum atomic E-state index is -2.90. The maximum atomic E-state index is 12.4. The Kier molecular flexibility index (Phi) is 5.87. The number of nitrogens with zero attached hydrogens (tertiary/aromatic N) is 3. The van der Waals surface area contributed by atoms with Crippen LogP contribution in [0.4, 0.5) is 0 Å². The lowest BCUT2D eigenvalue weighted by atomic mass is 10.2. The molecule has 0 spiro atoms. The van der Waals surface area contributed by atoms with E-state index in [9.17, 15) is 13.2 Å². The van der Waals surface area contributed by atoms with Crippen LogP contribution in [0.1, 0.15) is 12.0 Å². The van der Waals surface area contributed by atoms with Crippen LogP contribution in [0.2, 0.25) is 0 Å². The molecule has 3 rings (SSSR count). The minimum Gasteiger partial charge on any atom is -0.493 e. The Bertz CT molecular complexity index is 841. The van der Waals surface area contributed by atoms with Gasteiger partial charge in [0.2, 0.25) is 0 Å². The maximum Gasteiger partial charge on any atom is 0.260 e. The summed E-state index contributed by atoms with van der Waals surface area (Å²) in [5, 5.41) is 8.92. The van der Waals surface area contributed by atoms with E-state index in [4.69, 9.17) is 14.7 Å². The first-order valence-corrected chi connectivity index (χ1v) is 10.7. The van der Waals surface area contributed by atoms with Gasteiger partial charge in [0.25, 0.3) is 5.91 Å². The number of amides is 1. The minimum absolute atomic E-state index is 0.0754. The highest BCUT2D eigenvalue weighted by molar-refractivity contribution is 7.91. The van der Waals surface area contributed by atoms with Gasteiger partial charge in [0.1, 0.15) is 0 Å². The average Bonchev–Trinajstić information content (AvgIpc) is 3.05. The van der Waals surface area contributed by atoms with Gasteiger partial charge in [-0.15, -0.1) is 0 Å². The van der Waals surface area contributed by atoms with E-state index >= 15 is 0 Å². The first-order valence-electron chi connectivity index (χ1n) is 8.85. The molecule has 1 aromatic rings. The first kappa shape index (κ1) is 19.5. The zero-order valence-electron chi connectivity index (χ0n) is 15.3. The number of carbonyl (C=O) groups excluding carboxylic acids is 1. The van der Waals surface area contributed by atoms with Gasteiger partial charge in [0.15, 0.2) is 27.9 Å². The molecule has 0 bridgehead atoms. The van der Waals surface area contributed by atoms with Crippen molar-refractivity contribution in [2.24, 2.45) is 0 Å². The smallest absolute Gasteiger partial charge is 0.260 e. The Morgan fingerprint density at radius 3 is 2.59 bits per heavy atom. The van der Waals surface area contributed by atoms with E-state index in [1.807, 2.05) is 6.07 Å². The molecule has 0 aromatic heterocycles. The fourth-order valence-corrected chi connectivity index (χ4v) is 5.25. The highest BCUT2D eigenvalue weighted by Gasteiger charge is 2.34. The van der Waals surface area contributed by atoms with E-state index in [0.717, 1.165) is 0 Å². The van der Waals surface area contributed by atoms with Crippen LogP contribution in [0.3, 0.4) is 0 Å². The van der Waals surface area contributed by atoms with Crippen LogP contribution in [-0.2, 0) is 14.6 Å². The van der Waals surface area contributed by atoms with Crippen molar-refractivity contribution in [3.63, 3.8) is 0 Å². The van der Waals surface area contributed by atoms with Crippen LogP contribution in [0, 0.1) is 11.3 Å². The highest BCUT2D eigenvalue weighted by Crippen LogP contribution is 2.28. The van der Waals surface area contributed by atoms with E-state index in [2.05, 4.69) is 4.90 Å². The number of rotatable bonds is 5. The Hall–Kier alpha value is -2.31. The van der Waals surface area contributed by atoms with Crippen molar-refractivity contribution in [2.45, 2.75) is 12.5 Å². The number of sulfone groups is 1. The Labute approximate surface area is 159 Å². The van der Waals surface area contributed by atoms with Crippen LogP contribution in [0.15, 0.2) is 18.2 Å². The van der Waals surface area contributed by atoms with E-state index in [0.29, 0.717) is 49.7 Å². The summed E-state index contributed by atoms with van der Waals surface area (Å²) in [6.07, 6.45) is 0.678. The molecule has 0 unspecified atom stereocenters. The molecule has 2 saturated heterocycles. The summed E-state index contributed by atoms with van der Waals surface area (Å²) >= 11 is 0. The van der Waals surface area contributed by atoms with Gasteiger partial charge < -0.3 is 14.4 Å². The van der Waals surface area contributed by atoms with Gasteiger partial charge in [-0.2, -0.15) is 5.26 Å². The van der Waals surface area contributed by atoms with Gasteiger partial charge in [-0.1, -0.05) is 0 Å². The summed E-state index contributed by atoms with van der Waals surface area (Å²) in [4.78, 5) is 16.3. The summed E-state index contributed by atoms with van der Waals surface area (Å²) in [5.74, 6) is 1.19. The Morgan fingerprint density at radius 2 is 2.00 bits per heavy atom. The van der Waals surface area contributed by atoms with E-state index < -0.39 is 9.84 Å². The van der Waals surface area contributed by atoms with Crippen LogP contribution in [0.25, 0.3) is 0 Å². The lowest BCUT2D eigenvalue weighted by Crippen LogP contribution is -2.53. The number of benzene rings is 1. The second-order valence-corrected chi connectivity index (χ2v) is 8.97. The quantitative estimate of drug-likeness (QED) is 0.708. The lowest BCUT2D eigenvalue weighted by Gasteiger charge is -2.37. The number of methoxy groups -OCH3 is 1. The predicted octanol–water partition coefficient (Wildman–Crippen LogP) is 0.277. The van der Waals surface area contributed by atoms with Crippen LogP contribution >= 0.6 is 0 Å². The third kappa shape index (κ3) is 4.70. The monoisotopic (exact) mass is 393 g/mol. The van der Waals surface area contributed by atoms with Gasteiger partial charge in [0.05, 0.1) is 30.2 Å².